The second-order valence-electron chi connectivity index (χ2n) is 4.56. The summed E-state index contributed by atoms with van der Waals surface area (Å²) in [7, 11) is 1.33. The minimum absolute atomic E-state index is 0.0267. The van der Waals surface area contributed by atoms with Crippen LogP contribution in [0.4, 0.5) is 8.78 Å². The lowest BCUT2D eigenvalue weighted by Gasteiger charge is -2.12. The molecule has 0 aliphatic carbocycles. The zero-order valence-electron chi connectivity index (χ0n) is 11.7. The van der Waals surface area contributed by atoms with Crippen molar-refractivity contribution in [3.63, 3.8) is 0 Å². The summed E-state index contributed by atoms with van der Waals surface area (Å²) in [6.45, 7) is 2.97. The second-order valence-corrected chi connectivity index (χ2v) is 4.56. The molecular weight excluding hydrogens is 278 g/mol. The van der Waals surface area contributed by atoms with Crippen LogP contribution >= 0.6 is 0 Å². The van der Waals surface area contributed by atoms with Gasteiger partial charge in [-0.1, -0.05) is 0 Å². The second kappa shape index (κ2) is 5.37. The van der Waals surface area contributed by atoms with E-state index < -0.39 is 17.2 Å². The van der Waals surface area contributed by atoms with Gasteiger partial charge in [0.15, 0.2) is 11.6 Å². The third kappa shape index (κ3) is 2.38. The maximum atomic E-state index is 14.2. The van der Waals surface area contributed by atoms with Crippen molar-refractivity contribution in [2.24, 2.45) is 0 Å². The molecule has 0 saturated heterocycles. The number of ether oxygens (including phenoxy) is 1. The summed E-state index contributed by atoms with van der Waals surface area (Å²) < 4.78 is 33.1. The number of aryl methyl sites for hydroxylation is 1. The molecule has 0 spiro atoms. The maximum Gasteiger partial charge on any atom is 0.266 e. The van der Waals surface area contributed by atoms with Crippen molar-refractivity contribution in [2.45, 2.75) is 13.8 Å². The van der Waals surface area contributed by atoms with E-state index in [1.54, 1.807) is 13.0 Å². The van der Waals surface area contributed by atoms with Gasteiger partial charge in [-0.05, 0) is 26.0 Å². The third-order valence-corrected chi connectivity index (χ3v) is 3.19. The summed E-state index contributed by atoms with van der Waals surface area (Å²) in [6, 6.07) is 4.42. The van der Waals surface area contributed by atoms with Gasteiger partial charge in [-0.2, -0.15) is 5.26 Å². The van der Waals surface area contributed by atoms with Crippen LogP contribution in [0.3, 0.4) is 0 Å². The lowest BCUT2D eigenvalue weighted by Crippen LogP contribution is -2.13. The highest BCUT2D eigenvalue weighted by molar-refractivity contribution is 5.72. The standard InChI is InChI=1S/C15H12F2N2O2/c1-7-4-9(11(6-18)15(20)19-7)10-5-12(21-3)8(2)13(16)14(10)17/h4-5H,1-3H3,(H,19,20). The molecule has 0 radical (unpaired) electrons. The summed E-state index contributed by atoms with van der Waals surface area (Å²) >= 11 is 0. The van der Waals surface area contributed by atoms with E-state index in [0.29, 0.717) is 5.69 Å². The molecule has 0 unspecified atom stereocenters. The van der Waals surface area contributed by atoms with Gasteiger partial charge < -0.3 is 9.72 Å². The van der Waals surface area contributed by atoms with Gasteiger partial charge >= 0.3 is 0 Å². The first kappa shape index (κ1) is 14.7. The highest BCUT2D eigenvalue weighted by Crippen LogP contribution is 2.33. The number of halogens is 2. The number of nitrogens with zero attached hydrogens (tertiary/aromatic N) is 1. The largest absolute Gasteiger partial charge is 0.496 e. The SMILES string of the molecule is COc1cc(-c2cc(C)[nH]c(=O)c2C#N)c(F)c(F)c1C. The van der Waals surface area contributed by atoms with Crippen LogP contribution < -0.4 is 10.3 Å². The van der Waals surface area contributed by atoms with Crippen molar-refractivity contribution in [1.82, 2.24) is 4.98 Å². The van der Waals surface area contributed by atoms with Crippen LogP contribution in [0.15, 0.2) is 16.9 Å². The molecule has 2 aromatic rings. The van der Waals surface area contributed by atoms with Crippen molar-refractivity contribution >= 4 is 0 Å². The molecule has 0 bridgehead atoms. The molecule has 1 heterocycles. The number of hydrogen-bond acceptors (Lipinski definition) is 3. The number of nitriles is 1. The lowest BCUT2D eigenvalue weighted by molar-refractivity contribution is 0.402. The fourth-order valence-electron chi connectivity index (χ4n) is 2.11. The van der Waals surface area contributed by atoms with E-state index in [0.717, 1.165) is 0 Å². The Morgan fingerprint density at radius 1 is 1.19 bits per heavy atom. The Labute approximate surface area is 119 Å². The fraction of sp³-hybridized carbons (Fsp3) is 0.200. The van der Waals surface area contributed by atoms with E-state index in [-0.39, 0.29) is 28.0 Å². The van der Waals surface area contributed by atoms with E-state index >= 15 is 0 Å². The Bertz CT molecular complexity index is 820. The van der Waals surface area contributed by atoms with Crippen LogP contribution in [0.5, 0.6) is 5.75 Å². The average molecular weight is 290 g/mol. The number of methoxy groups -OCH3 is 1. The summed E-state index contributed by atoms with van der Waals surface area (Å²) in [6.07, 6.45) is 0. The Hall–Kier alpha value is -2.68. The van der Waals surface area contributed by atoms with Crippen LogP contribution in [0, 0.1) is 36.8 Å². The van der Waals surface area contributed by atoms with E-state index in [9.17, 15) is 13.6 Å². The molecule has 0 aliphatic rings. The Morgan fingerprint density at radius 3 is 2.43 bits per heavy atom. The molecule has 6 heteroatoms. The molecule has 0 aliphatic heterocycles. The predicted molar refractivity (Wildman–Crippen MR) is 73.2 cm³/mol. The molecule has 108 valence electrons. The van der Waals surface area contributed by atoms with Crippen LogP contribution in [-0.2, 0) is 0 Å². The van der Waals surface area contributed by atoms with Gasteiger partial charge in [0.25, 0.3) is 5.56 Å². The molecular formula is C15H12F2N2O2. The molecule has 4 nitrogen and oxygen atoms in total. The molecule has 1 N–H and O–H groups in total. The van der Waals surface area contributed by atoms with Gasteiger partial charge in [0.1, 0.15) is 17.4 Å². The van der Waals surface area contributed by atoms with Crippen molar-refractivity contribution in [2.75, 3.05) is 7.11 Å². The maximum absolute atomic E-state index is 14.2. The van der Waals surface area contributed by atoms with Crippen LogP contribution in [0.25, 0.3) is 11.1 Å². The Balaban J connectivity index is 2.89. The molecule has 2 rings (SSSR count). The summed E-state index contributed by atoms with van der Waals surface area (Å²) in [5, 5.41) is 9.08. The zero-order chi connectivity index (χ0) is 15.7. The van der Waals surface area contributed by atoms with Crippen LogP contribution in [0.1, 0.15) is 16.8 Å². The van der Waals surface area contributed by atoms with Gasteiger partial charge in [0.2, 0.25) is 0 Å². The topological polar surface area (TPSA) is 65.9 Å². The van der Waals surface area contributed by atoms with E-state index in [1.165, 1.54) is 26.2 Å². The lowest BCUT2D eigenvalue weighted by atomic mass is 9.98. The smallest absolute Gasteiger partial charge is 0.266 e. The minimum Gasteiger partial charge on any atom is -0.496 e. The minimum atomic E-state index is -1.12. The molecule has 0 amide bonds. The first-order chi connectivity index (χ1) is 9.90. The van der Waals surface area contributed by atoms with Crippen LogP contribution in [-0.4, -0.2) is 12.1 Å². The first-order valence-corrected chi connectivity index (χ1v) is 6.07. The number of aromatic amines is 1. The predicted octanol–water partition coefficient (Wildman–Crippen LogP) is 2.82. The number of aromatic nitrogens is 1. The van der Waals surface area contributed by atoms with E-state index in [2.05, 4.69) is 4.98 Å². The summed E-state index contributed by atoms with van der Waals surface area (Å²) in [4.78, 5) is 14.2. The van der Waals surface area contributed by atoms with E-state index in [1.807, 2.05) is 0 Å². The van der Waals surface area contributed by atoms with Gasteiger partial charge in [0.05, 0.1) is 7.11 Å². The van der Waals surface area contributed by atoms with Crippen molar-refractivity contribution in [3.8, 4) is 22.9 Å². The number of pyridine rings is 1. The highest BCUT2D eigenvalue weighted by atomic mass is 19.2. The number of benzene rings is 1. The zero-order valence-corrected chi connectivity index (χ0v) is 11.7. The summed E-state index contributed by atoms with van der Waals surface area (Å²) in [5.41, 5.74) is -0.599. The normalized spacial score (nSPS) is 10.3. The first-order valence-electron chi connectivity index (χ1n) is 6.07. The van der Waals surface area contributed by atoms with Crippen molar-refractivity contribution in [1.29, 1.82) is 5.26 Å². The molecule has 0 fully saturated rings. The molecule has 1 aromatic heterocycles. The summed E-state index contributed by atoms with van der Waals surface area (Å²) in [5.74, 6) is -2.04. The highest BCUT2D eigenvalue weighted by Gasteiger charge is 2.20. The number of rotatable bonds is 2. The Kier molecular flexibility index (Phi) is 3.76. The Morgan fingerprint density at radius 2 is 1.86 bits per heavy atom. The molecule has 0 saturated carbocycles. The van der Waals surface area contributed by atoms with E-state index in [4.69, 9.17) is 10.00 Å². The van der Waals surface area contributed by atoms with Gasteiger partial charge in [-0.3, -0.25) is 4.79 Å². The quantitative estimate of drug-likeness (QED) is 0.924. The fourth-order valence-corrected chi connectivity index (χ4v) is 2.11. The van der Waals surface area contributed by atoms with Crippen molar-refractivity contribution < 1.29 is 13.5 Å². The third-order valence-electron chi connectivity index (χ3n) is 3.19. The number of H-pyrrole nitrogens is 1. The molecule has 21 heavy (non-hydrogen) atoms. The van der Waals surface area contributed by atoms with Gasteiger partial charge in [-0.15, -0.1) is 0 Å². The van der Waals surface area contributed by atoms with Crippen molar-refractivity contribution in [3.05, 3.63) is 50.9 Å². The number of nitrogens with one attached hydrogen (secondary N) is 1. The van der Waals surface area contributed by atoms with Gasteiger partial charge in [-0.25, -0.2) is 8.78 Å². The van der Waals surface area contributed by atoms with Crippen LogP contribution in [0.2, 0.25) is 0 Å². The van der Waals surface area contributed by atoms with Gasteiger partial charge in [0, 0.05) is 22.4 Å². The molecule has 0 atom stereocenters. The average Bonchev–Trinajstić information content (AvgIpc) is 2.44. The monoisotopic (exact) mass is 290 g/mol. The number of hydrogen-bond donors (Lipinski definition) is 1. The molecule has 1 aromatic carbocycles.